The molecule has 3 N–H and O–H groups in total. The molecule has 2 aromatic rings. The highest BCUT2D eigenvalue weighted by atomic mass is 32.2. The monoisotopic (exact) mass is 527 g/mol. The van der Waals surface area contributed by atoms with Gasteiger partial charge >= 0.3 is 7.60 Å². The van der Waals surface area contributed by atoms with Gasteiger partial charge in [0.25, 0.3) is 0 Å². The Morgan fingerprint density at radius 3 is 2.49 bits per heavy atom. The molecule has 1 aromatic heterocycles. The van der Waals surface area contributed by atoms with Gasteiger partial charge in [-0.3, -0.25) is 9.78 Å². The van der Waals surface area contributed by atoms with Crippen LogP contribution in [0.15, 0.2) is 53.8 Å². The number of carbonyl (C=O) groups excluding carboxylic acids is 1. The third-order valence-corrected chi connectivity index (χ3v) is 9.76. The molecule has 2 saturated carbocycles. The molecule has 35 heavy (non-hydrogen) atoms. The molecular formula is C22H24F2N3O6PS. The second-order valence-electron chi connectivity index (χ2n) is 8.69. The van der Waals surface area contributed by atoms with Gasteiger partial charge in [-0.25, -0.2) is 26.7 Å². The zero-order chi connectivity index (χ0) is 25.4. The molecule has 9 nitrogen and oxygen atoms in total. The van der Waals surface area contributed by atoms with Crippen molar-refractivity contribution in [3.05, 3.63) is 54.5 Å². The summed E-state index contributed by atoms with van der Waals surface area (Å²) < 4.78 is 71.5. The fraction of sp³-hybridized carbons (Fsp3) is 0.409. The Balaban J connectivity index is 1.58. The van der Waals surface area contributed by atoms with Gasteiger partial charge in [0.15, 0.2) is 9.84 Å². The molecule has 0 saturated heterocycles. The van der Waals surface area contributed by atoms with E-state index < -0.39 is 58.9 Å². The van der Waals surface area contributed by atoms with Gasteiger partial charge in [0.1, 0.15) is 12.3 Å². The maximum Gasteiger partial charge on any atom is 0.378 e. The molecule has 4 rings (SSSR count). The van der Waals surface area contributed by atoms with Crippen LogP contribution in [0.1, 0.15) is 24.8 Å². The number of amides is 1. The summed E-state index contributed by atoms with van der Waals surface area (Å²) in [4.78, 5) is 30.0. The average molecular weight is 527 g/mol. The van der Waals surface area contributed by atoms with E-state index in [1.807, 2.05) is 0 Å². The van der Waals surface area contributed by atoms with Crippen molar-refractivity contribution >= 4 is 28.9 Å². The minimum atomic E-state index is -4.45. The first-order valence-corrected chi connectivity index (χ1v) is 14.2. The van der Waals surface area contributed by atoms with Gasteiger partial charge in [-0.2, -0.15) is 0 Å². The lowest BCUT2D eigenvalue weighted by atomic mass is 9.92. The molecule has 2 unspecified atom stereocenters. The van der Waals surface area contributed by atoms with Crippen molar-refractivity contribution in [2.45, 2.75) is 41.8 Å². The summed E-state index contributed by atoms with van der Waals surface area (Å²) in [5.74, 6) is -3.35. The SMILES string of the molecule is NC(=O)/C(=C/[C@H]1C[C@@H](F)[C@@H](F)C1CP(=O)(O)Oc1cnccn1)c1ccc(S(=O)(=O)C2CC2)cc1. The van der Waals surface area contributed by atoms with Gasteiger partial charge in [0, 0.05) is 23.9 Å². The van der Waals surface area contributed by atoms with Gasteiger partial charge in [0.05, 0.1) is 22.5 Å². The normalized spacial score (nSPS) is 26.8. The minimum absolute atomic E-state index is 0.0701. The zero-order valence-electron chi connectivity index (χ0n) is 18.4. The van der Waals surface area contributed by atoms with Crippen LogP contribution in [0.5, 0.6) is 5.88 Å². The second kappa shape index (κ2) is 9.75. The number of alkyl halides is 2. The molecule has 0 spiro atoms. The van der Waals surface area contributed by atoms with Crippen molar-refractivity contribution in [3.8, 4) is 5.88 Å². The molecule has 0 aliphatic heterocycles. The molecule has 0 radical (unpaired) electrons. The van der Waals surface area contributed by atoms with Crippen LogP contribution < -0.4 is 10.3 Å². The summed E-state index contributed by atoms with van der Waals surface area (Å²) in [6.07, 6.45) is 1.13. The van der Waals surface area contributed by atoms with E-state index >= 15 is 0 Å². The second-order valence-corrected chi connectivity index (χ2v) is 12.7. The summed E-state index contributed by atoms with van der Waals surface area (Å²) >= 11 is 0. The van der Waals surface area contributed by atoms with E-state index in [2.05, 4.69) is 9.97 Å². The fourth-order valence-electron chi connectivity index (χ4n) is 4.21. The summed E-state index contributed by atoms with van der Waals surface area (Å²) in [7, 11) is -7.89. The van der Waals surface area contributed by atoms with E-state index in [0.29, 0.717) is 12.8 Å². The lowest BCUT2D eigenvalue weighted by Gasteiger charge is -2.22. The number of nitrogens with zero attached hydrogens (tertiary/aromatic N) is 2. The molecule has 0 bridgehead atoms. The van der Waals surface area contributed by atoms with E-state index in [1.54, 1.807) is 0 Å². The molecule has 1 aromatic carbocycles. The number of benzene rings is 1. The first-order chi connectivity index (χ1) is 16.5. The van der Waals surface area contributed by atoms with E-state index in [1.165, 1.54) is 42.7 Å². The van der Waals surface area contributed by atoms with Crippen LogP contribution in [-0.2, 0) is 19.2 Å². The smallest absolute Gasteiger partial charge is 0.378 e. The Morgan fingerprint density at radius 1 is 1.23 bits per heavy atom. The van der Waals surface area contributed by atoms with Crippen molar-refractivity contribution in [1.29, 1.82) is 0 Å². The van der Waals surface area contributed by atoms with E-state index in [9.17, 15) is 31.5 Å². The number of rotatable bonds is 9. The number of hydrogen-bond donors (Lipinski definition) is 2. The number of nitrogens with two attached hydrogens (primary N) is 1. The summed E-state index contributed by atoms with van der Waals surface area (Å²) in [6.45, 7) is 0. The number of hydrogen-bond acceptors (Lipinski definition) is 7. The maximum atomic E-state index is 14.7. The molecule has 1 heterocycles. The van der Waals surface area contributed by atoms with Crippen LogP contribution in [-0.4, -0.2) is 52.9 Å². The predicted molar refractivity (Wildman–Crippen MR) is 123 cm³/mol. The molecular weight excluding hydrogens is 503 g/mol. The molecule has 1 amide bonds. The first-order valence-electron chi connectivity index (χ1n) is 10.9. The van der Waals surface area contributed by atoms with E-state index in [0.717, 1.165) is 6.20 Å². The lowest BCUT2D eigenvalue weighted by molar-refractivity contribution is -0.112. The first kappa shape index (κ1) is 25.4. The van der Waals surface area contributed by atoms with Crippen molar-refractivity contribution in [2.24, 2.45) is 17.6 Å². The lowest BCUT2D eigenvalue weighted by Crippen LogP contribution is -2.24. The number of allylic oxidation sites excluding steroid dienone is 1. The standard InChI is InChI=1S/C22H24F2N3O6PS/c23-19-10-14(18(21(19)24)12-34(29,30)33-20-11-26-7-8-27-20)9-17(22(25)28)13-1-3-15(4-2-13)35(31,32)16-5-6-16/h1-4,7-9,11,14,16,18-19,21H,5-6,10,12H2,(H2,25,28)(H,29,30)/b17-9+/t14-,18?,19+,21-/m0/s1. The zero-order valence-corrected chi connectivity index (χ0v) is 20.1. The van der Waals surface area contributed by atoms with Crippen LogP contribution in [0, 0.1) is 11.8 Å². The Labute approximate surface area is 200 Å². The number of primary amides is 1. The van der Waals surface area contributed by atoms with Crippen LogP contribution in [0.3, 0.4) is 0 Å². The van der Waals surface area contributed by atoms with E-state index in [4.69, 9.17) is 10.3 Å². The fourth-order valence-corrected chi connectivity index (χ4v) is 7.33. The van der Waals surface area contributed by atoms with Gasteiger partial charge in [-0.1, -0.05) is 18.2 Å². The van der Waals surface area contributed by atoms with Crippen LogP contribution in [0.2, 0.25) is 0 Å². The van der Waals surface area contributed by atoms with Crippen molar-refractivity contribution in [2.75, 3.05) is 6.16 Å². The summed E-state index contributed by atoms with van der Waals surface area (Å²) in [5.41, 5.74) is 5.72. The highest BCUT2D eigenvalue weighted by Gasteiger charge is 2.47. The minimum Gasteiger partial charge on any atom is -0.404 e. The van der Waals surface area contributed by atoms with Crippen molar-refractivity contribution in [3.63, 3.8) is 0 Å². The quantitative estimate of drug-likeness (QED) is 0.373. The summed E-state index contributed by atoms with van der Waals surface area (Å²) in [5, 5.41) is -0.403. The molecule has 13 heteroatoms. The van der Waals surface area contributed by atoms with Crippen LogP contribution >= 0.6 is 7.60 Å². The molecule has 188 valence electrons. The van der Waals surface area contributed by atoms with Crippen LogP contribution in [0.4, 0.5) is 8.78 Å². The molecule has 2 fully saturated rings. The Kier molecular flexibility index (Phi) is 7.08. The maximum absolute atomic E-state index is 14.7. The van der Waals surface area contributed by atoms with Crippen molar-refractivity contribution in [1.82, 2.24) is 9.97 Å². The predicted octanol–water partition coefficient (Wildman–Crippen LogP) is 2.86. The number of carbonyl (C=O) groups is 1. The number of sulfone groups is 1. The molecule has 5 atom stereocenters. The van der Waals surface area contributed by atoms with Crippen LogP contribution in [0.25, 0.3) is 5.57 Å². The highest BCUT2D eigenvalue weighted by Crippen LogP contribution is 2.50. The third-order valence-electron chi connectivity index (χ3n) is 6.12. The summed E-state index contributed by atoms with van der Waals surface area (Å²) in [6, 6.07) is 5.53. The Morgan fingerprint density at radius 2 is 1.91 bits per heavy atom. The molecule has 2 aliphatic carbocycles. The topological polar surface area (TPSA) is 150 Å². The van der Waals surface area contributed by atoms with Gasteiger partial charge in [-0.15, -0.1) is 0 Å². The Bertz CT molecular complexity index is 1270. The number of halogens is 2. The largest absolute Gasteiger partial charge is 0.404 e. The highest BCUT2D eigenvalue weighted by molar-refractivity contribution is 7.92. The Hall–Kier alpha value is -2.69. The van der Waals surface area contributed by atoms with E-state index in [-0.39, 0.29) is 28.3 Å². The average Bonchev–Trinajstić information content (AvgIpc) is 3.63. The van der Waals surface area contributed by atoms with Gasteiger partial charge < -0.3 is 15.2 Å². The van der Waals surface area contributed by atoms with Crippen molar-refractivity contribution < 1.29 is 36.0 Å². The van der Waals surface area contributed by atoms with Gasteiger partial charge in [-0.05, 0) is 42.9 Å². The number of aromatic nitrogens is 2. The molecule has 2 aliphatic rings. The third kappa shape index (κ3) is 5.76. The van der Waals surface area contributed by atoms with Gasteiger partial charge in [0.2, 0.25) is 11.8 Å².